The topological polar surface area (TPSA) is 35.5 Å². The van der Waals surface area contributed by atoms with Gasteiger partial charge in [-0.3, -0.25) is 4.79 Å². The van der Waals surface area contributed by atoms with Crippen LogP contribution < -0.4 is 0 Å². The molecular formula is C18H18O3S. The molecule has 0 unspecified atom stereocenters. The zero-order valence-corrected chi connectivity index (χ0v) is 13.3. The minimum atomic E-state index is -0.823. The molecule has 114 valence electrons. The minimum absolute atomic E-state index is 0.205. The van der Waals surface area contributed by atoms with Gasteiger partial charge in [0.25, 0.3) is 0 Å². The number of esters is 1. The molecule has 0 spiro atoms. The van der Waals surface area contributed by atoms with E-state index in [4.69, 9.17) is 9.47 Å². The molecule has 1 aromatic heterocycles. The molecular weight excluding hydrogens is 296 g/mol. The summed E-state index contributed by atoms with van der Waals surface area (Å²) in [6.45, 7) is 4.50. The maximum absolute atomic E-state index is 12.9. The molecule has 1 fully saturated rings. The van der Waals surface area contributed by atoms with Gasteiger partial charge in [-0.2, -0.15) is 11.3 Å². The number of ether oxygens (including phenoxy) is 2. The molecule has 0 bridgehead atoms. The van der Waals surface area contributed by atoms with Crippen molar-refractivity contribution < 1.29 is 14.3 Å². The van der Waals surface area contributed by atoms with E-state index in [9.17, 15) is 4.79 Å². The number of carbonyl (C=O) groups is 1. The highest BCUT2D eigenvalue weighted by atomic mass is 32.1. The van der Waals surface area contributed by atoms with Crippen molar-refractivity contribution in [2.24, 2.45) is 5.92 Å². The second-order valence-corrected chi connectivity index (χ2v) is 6.29. The van der Waals surface area contributed by atoms with Crippen molar-refractivity contribution in [1.82, 2.24) is 0 Å². The van der Waals surface area contributed by atoms with Crippen LogP contribution in [0.5, 0.6) is 0 Å². The fourth-order valence-corrected chi connectivity index (χ4v) is 3.91. The van der Waals surface area contributed by atoms with E-state index in [0.717, 1.165) is 16.9 Å². The molecule has 1 saturated heterocycles. The number of carbonyl (C=O) groups excluding carboxylic acids is 1. The number of allylic oxidation sites excluding steroid dienone is 5. The van der Waals surface area contributed by atoms with Gasteiger partial charge in [-0.05, 0) is 40.5 Å². The zero-order chi connectivity index (χ0) is 15.6. The fourth-order valence-electron chi connectivity index (χ4n) is 3.17. The first-order valence-electron chi connectivity index (χ1n) is 7.14. The molecule has 2 atom stereocenters. The summed E-state index contributed by atoms with van der Waals surface area (Å²) in [6, 6.07) is 1.99. The number of fused-ring (bicyclic) bond motifs is 1. The van der Waals surface area contributed by atoms with Gasteiger partial charge < -0.3 is 9.47 Å². The third kappa shape index (κ3) is 2.33. The van der Waals surface area contributed by atoms with Crippen LogP contribution >= 0.6 is 11.3 Å². The Morgan fingerprint density at radius 3 is 3.05 bits per heavy atom. The second kappa shape index (κ2) is 5.97. The monoisotopic (exact) mass is 314 g/mol. The van der Waals surface area contributed by atoms with E-state index in [1.54, 1.807) is 11.3 Å². The molecule has 2 aliphatic rings. The Kier molecular flexibility index (Phi) is 4.03. The van der Waals surface area contributed by atoms with E-state index >= 15 is 0 Å². The molecule has 0 amide bonds. The first-order chi connectivity index (χ1) is 10.7. The molecule has 0 radical (unpaired) electrons. The fraction of sp³-hybridized carbons (Fsp3) is 0.278. The quantitative estimate of drug-likeness (QED) is 0.616. The Labute approximate surface area is 134 Å². The molecule has 1 aromatic rings. The van der Waals surface area contributed by atoms with Gasteiger partial charge in [-0.15, -0.1) is 0 Å². The summed E-state index contributed by atoms with van der Waals surface area (Å²) >= 11 is 1.57. The second-order valence-electron chi connectivity index (χ2n) is 5.51. The third-order valence-electron chi connectivity index (χ3n) is 4.18. The van der Waals surface area contributed by atoms with Gasteiger partial charge in [0.05, 0.1) is 13.0 Å². The molecule has 3 rings (SSSR count). The lowest BCUT2D eigenvalue weighted by Gasteiger charge is -2.35. The highest BCUT2D eigenvalue weighted by Crippen LogP contribution is 2.47. The average molecular weight is 314 g/mol. The summed E-state index contributed by atoms with van der Waals surface area (Å²) < 4.78 is 11.1. The van der Waals surface area contributed by atoms with Crippen molar-refractivity contribution in [3.8, 4) is 0 Å². The SMILES string of the molecule is C=C1COC2=CC=CC=C[C@H]2[C@@](C(=O)OC)(c2ccsc2)C1. The van der Waals surface area contributed by atoms with Crippen molar-refractivity contribution in [3.63, 3.8) is 0 Å². The third-order valence-corrected chi connectivity index (χ3v) is 4.86. The molecule has 2 heterocycles. The molecule has 3 nitrogen and oxygen atoms in total. The predicted octanol–water partition coefficient (Wildman–Crippen LogP) is 3.76. The van der Waals surface area contributed by atoms with Crippen LogP contribution in [0.3, 0.4) is 0 Å². The van der Waals surface area contributed by atoms with Crippen LogP contribution in [0.4, 0.5) is 0 Å². The van der Waals surface area contributed by atoms with Crippen LogP contribution in [-0.2, 0) is 19.7 Å². The summed E-state index contributed by atoms with van der Waals surface area (Å²) in [4.78, 5) is 12.9. The van der Waals surface area contributed by atoms with E-state index < -0.39 is 5.41 Å². The van der Waals surface area contributed by atoms with Crippen molar-refractivity contribution in [1.29, 1.82) is 0 Å². The standard InChI is InChI=1S/C18H18O3S/c1-13-10-18(17(19)20-2,14-8-9-22-12-14)15-6-4-3-5-7-16(15)21-11-13/h3-9,12,15H,1,10-11H2,2H3/t15-,18+/m1/s1. The largest absolute Gasteiger partial charge is 0.493 e. The van der Waals surface area contributed by atoms with E-state index in [1.165, 1.54) is 7.11 Å². The maximum atomic E-state index is 12.9. The summed E-state index contributed by atoms with van der Waals surface area (Å²) in [6.07, 6.45) is 10.3. The van der Waals surface area contributed by atoms with Crippen LogP contribution in [0.25, 0.3) is 0 Å². The average Bonchev–Trinajstić information content (AvgIpc) is 2.90. The van der Waals surface area contributed by atoms with E-state index in [2.05, 4.69) is 6.58 Å². The summed E-state index contributed by atoms with van der Waals surface area (Å²) in [5.74, 6) is 0.323. The van der Waals surface area contributed by atoms with Gasteiger partial charge in [0, 0.05) is 0 Å². The lowest BCUT2D eigenvalue weighted by molar-refractivity contribution is -0.149. The number of rotatable bonds is 2. The Balaban J connectivity index is 2.23. The smallest absolute Gasteiger partial charge is 0.317 e. The van der Waals surface area contributed by atoms with Gasteiger partial charge in [0.15, 0.2) is 0 Å². The lowest BCUT2D eigenvalue weighted by atomic mass is 9.67. The minimum Gasteiger partial charge on any atom is -0.493 e. The normalized spacial score (nSPS) is 27.2. The van der Waals surface area contributed by atoms with Gasteiger partial charge in [-0.25, -0.2) is 0 Å². The van der Waals surface area contributed by atoms with Gasteiger partial charge in [0.2, 0.25) is 0 Å². The van der Waals surface area contributed by atoms with Crippen molar-refractivity contribution in [2.75, 3.05) is 13.7 Å². The predicted molar refractivity (Wildman–Crippen MR) is 87.6 cm³/mol. The van der Waals surface area contributed by atoms with Gasteiger partial charge in [-0.1, -0.05) is 30.9 Å². The molecule has 0 aromatic carbocycles. The molecule has 0 N–H and O–H groups in total. The Hall–Kier alpha value is -2.07. The molecule has 4 heteroatoms. The van der Waals surface area contributed by atoms with Gasteiger partial charge in [0.1, 0.15) is 17.8 Å². The maximum Gasteiger partial charge on any atom is 0.317 e. The van der Waals surface area contributed by atoms with Crippen LogP contribution in [0.15, 0.2) is 65.1 Å². The van der Waals surface area contributed by atoms with Crippen LogP contribution in [0.2, 0.25) is 0 Å². The zero-order valence-electron chi connectivity index (χ0n) is 12.5. The first kappa shape index (κ1) is 14.9. The van der Waals surface area contributed by atoms with Crippen LogP contribution in [0, 0.1) is 5.92 Å². The summed E-state index contributed by atoms with van der Waals surface area (Å²) in [7, 11) is 1.44. The van der Waals surface area contributed by atoms with Crippen LogP contribution in [-0.4, -0.2) is 19.7 Å². The number of thiophene rings is 1. The lowest BCUT2D eigenvalue weighted by Crippen LogP contribution is -2.43. The highest BCUT2D eigenvalue weighted by molar-refractivity contribution is 7.08. The number of methoxy groups -OCH3 is 1. The molecule has 22 heavy (non-hydrogen) atoms. The highest BCUT2D eigenvalue weighted by Gasteiger charge is 2.51. The number of hydrogen-bond donors (Lipinski definition) is 0. The van der Waals surface area contributed by atoms with Crippen molar-refractivity contribution in [2.45, 2.75) is 11.8 Å². The summed E-state index contributed by atoms with van der Waals surface area (Å²) in [5.41, 5.74) is 1.03. The Morgan fingerprint density at radius 1 is 1.45 bits per heavy atom. The van der Waals surface area contributed by atoms with Gasteiger partial charge >= 0.3 is 5.97 Å². The van der Waals surface area contributed by atoms with Crippen molar-refractivity contribution in [3.05, 3.63) is 70.7 Å². The van der Waals surface area contributed by atoms with E-state index in [1.807, 2.05) is 47.2 Å². The van der Waals surface area contributed by atoms with E-state index in [0.29, 0.717) is 13.0 Å². The molecule has 1 aliphatic carbocycles. The van der Waals surface area contributed by atoms with E-state index in [-0.39, 0.29) is 11.9 Å². The molecule has 1 aliphatic heterocycles. The number of hydrogen-bond acceptors (Lipinski definition) is 4. The Morgan fingerprint density at radius 2 is 2.32 bits per heavy atom. The molecule has 0 saturated carbocycles. The first-order valence-corrected chi connectivity index (χ1v) is 8.08. The van der Waals surface area contributed by atoms with Crippen molar-refractivity contribution >= 4 is 17.3 Å². The summed E-state index contributed by atoms with van der Waals surface area (Å²) in [5, 5.41) is 4.00. The Bertz CT molecular complexity index is 667. The van der Waals surface area contributed by atoms with Crippen LogP contribution in [0.1, 0.15) is 12.0 Å².